The number of rotatable bonds is 1. The normalized spacial score (nSPS) is 12.3. The second kappa shape index (κ2) is 3.88. The van der Waals surface area contributed by atoms with Crippen LogP contribution in [-0.4, -0.2) is 15.1 Å². The van der Waals surface area contributed by atoms with Crippen LogP contribution < -0.4 is 0 Å². The van der Waals surface area contributed by atoms with Crippen LogP contribution in [0.2, 0.25) is 0 Å². The monoisotopic (exact) mass is 342 g/mol. The molecule has 0 aliphatic heterocycles. The molecule has 2 heterocycles. The lowest BCUT2D eigenvalue weighted by Gasteiger charge is -2.05. The number of nitrogens with one attached hydrogen (secondary N) is 1. The fraction of sp³-hybridized carbons (Fsp3) is 0.222. The number of aromatic nitrogens is 2. The zero-order valence-electron chi connectivity index (χ0n) is 7.77. The zero-order valence-corrected chi connectivity index (χ0v) is 9.93. The Morgan fingerprint density at radius 1 is 1.44 bits per heavy atom. The summed E-state index contributed by atoms with van der Waals surface area (Å²) in [4.78, 5) is 6.44. The summed E-state index contributed by atoms with van der Waals surface area (Å²) in [5.41, 5.74) is 0.0327. The number of aromatic amines is 1. The van der Waals surface area contributed by atoms with Gasteiger partial charge in [0.05, 0.1) is 17.9 Å². The Morgan fingerprint density at radius 3 is 2.69 bits per heavy atom. The number of fused-ring (bicyclic) bond motifs is 1. The maximum atomic E-state index is 12.4. The lowest BCUT2D eigenvalue weighted by atomic mass is 10.2. The Morgan fingerprint density at radius 2 is 2.12 bits per heavy atom. The minimum absolute atomic E-state index is 0.254. The van der Waals surface area contributed by atoms with E-state index in [1.165, 1.54) is 0 Å². The Bertz CT molecular complexity index is 535. The van der Waals surface area contributed by atoms with Gasteiger partial charge in [0.15, 0.2) is 0 Å². The summed E-state index contributed by atoms with van der Waals surface area (Å²) in [6.07, 6.45) is -3.63. The summed E-state index contributed by atoms with van der Waals surface area (Å²) in [5.74, 6) is 0. The van der Waals surface area contributed by atoms with Crippen molar-refractivity contribution < 1.29 is 18.3 Å². The molecule has 16 heavy (non-hydrogen) atoms. The van der Waals surface area contributed by atoms with Gasteiger partial charge >= 0.3 is 6.18 Å². The van der Waals surface area contributed by atoms with Crippen LogP contribution in [0.4, 0.5) is 13.2 Å². The van der Waals surface area contributed by atoms with Gasteiger partial charge in [0.25, 0.3) is 0 Å². The highest BCUT2D eigenvalue weighted by Gasteiger charge is 2.31. The second-order valence-electron chi connectivity index (χ2n) is 3.19. The van der Waals surface area contributed by atoms with Crippen molar-refractivity contribution in [3.05, 3.63) is 27.1 Å². The zero-order chi connectivity index (χ0) is 11.9. The van der Waals surface area contributed by atoms with Crippen molar-refractivity contribution in [1.82, 2.24) is 9.97 Å². The van der Waals surface area contributed by atoms with Gasteiger partial charge in [0, 0.05) is 15.2 Å². The van der Waals surface area contributed by atoms with Crippen molar-refractivity contribution in [2.45, 2.75) is 12.8 Å². The molecule has 0 radical (unpaired) electrons. The number of H-pyrrole nitrogens is 1. The Balaban J connectivity index is 2.66. The summed E-state index contributed by atoms with van der Waals surface area (Å²) >= 11 is 1.88. The molecule has 2 N–H and O–H groups in total. The molecule has 86 valence electrons. The highest BCUT2D eigenvalue weighted by molar-refractivity contribution is 14.1. The average molecular weight is 342 g/mol. The van der Waals surface area contributed by atoms with E-state index in [1.807, 2.05) is 22.6 Å². The van der Waals surface area contributed by atoms with Crippen LogP contribution in [0.25, 0.3) is 11.0 Å². The lowest BCUT2D eigenvalue weighted by Crippen LogP contribution is -2.05. The molecule has 0 amide bonds. The predicted molar refractivity (Wildman–Crippen MR) is 59.7 cm³/mol. The highest BCUT2D eigenvalue weighted by Crippen LogP contribution is 2.32. The van der Waals surface area contributed by atoms with E-state index in [0.29, 0.717) is 20.3 Å². The van der Waals surface area contributed by atoms with Gasteiger partial charge in [-0.3, -0.25) is 0 Å². The topological polar surface area (TPSA) is 48.9 Å². The first-order chi connectivity index (χ1) is 7.43. The smallest absolute Gasteiger partial charge is 0.390 e. The van der Waals surface area contributed by atoms with E-state index >= 15 is 0 Å². The molecule has 0 spiro atoms. The van der Waals surface area contributed by atoms with Gasteiger partial charge in [-0.1, -0.05) is 0 Å². The van der Waals surface area contributed by atoms with Gasteiger partial charge in [-0.2, -0.15) is 13.2 Å². The van der Waals surface area contributed by atoms with Gasteiger partial charge in [-0.05, 0) is 28.7 Å². The molecule has 7 heteroatoms. The van der Waals surface area contributed by atoms with Crippen molar-refractivity contribution in [3.63, 3.8) is 0 Å². The third-order valence-corrected chi connectivity index (χ3v) is 3.38. The first kappa shape index (κ1) is 11.6. The third-order valence-electron chi connectivity index (χ3n) is 2.14. The van der Waals surface area contributed by atoms with Crippen LogP contribution >= 0.6 is 22.6 Å². The van der Waals surface area contributed by atoms with E-state index < -0.39 is 11.7 Å². The summed E-state index contributed by atoms with van der Waals surface area (Å²) < 4.78 is 37.9. The molecule has 3 nitrogen and oxygen atoms in total. The number of hydrogen-bond acceptors (Lipinski definition) is 2. The van der Waals surface area contributed by atoms with E-state index in [4.69, 9.17) is 5.11 Å². The molecule has 0 saturated carbocycles. The quantitative estimate of drug-likeness (QED) is 0.783. The molecule has 2 rings (SSSR count). The van der Waals surface area contributed by atoms with Crippen LogP contribution in [-0.2, 0) is 12.8 Å². The maximum Gasteiger partial charge on any atom is 0.417 e. The molecule has 0 saturated heterocycles. The van der Waals surface area contributed by atoms with Gasteiger partial charge in [0.1, 0.15) is 5.65 Å². The molecule has 0 aromatic carbocycles. The molecule has 0 atom stereocenters. The van der Waals surface area contributed by atoms with Gasteiger partial charge < -0.3 is 10.1 Å². The number of pyridine rings is 1. The molecule has 0 aliphatic rings. The predicted octanol–water partition coefficient (Wildman–Crippen LogP) is 2.68. The first-order valence-electron chi connectivity index (χ1n) is 4.27. The van der Waals surface area contributed by atoms with Crippen LogP contribution in [0, 0.1) is 3.57 Å². The summed E-state index contributed by atoms with van der Waals surface area (Å²) in [5, 5.41) is 9.34. The van der Waals surface area contributed by atoms with Crippen molar-refractivity contribution in [3.8, 4) is 0 Å². The van der Waals surface area contributed by atoms with Crippen LogP contribution in [0.1, 0.15) is 11.3 Å². The van der Waals surface area contributed by atoms with E-state index in [1.54, 1.807) is 0 Å². The van der Waals surface area contributed by atoms with Crippen molar-refractivity contribution in [2.75, 3.05) is 0 Å². The minimum atomic E-state index is -4.40. The van der Waals surface area contributed by atoms with Crippen molar-refractivity contribution in [2.24, 2.45) is 0 Å². The fourth-order valence-electron chi connectivity index (χ4n) is 1.36. The lowest BCUT2D eigenvalue weighted by molar-refractivity contribution is -0.137. The highest BCUT2D eigenvalue weighted by atomic mass is 127. The Labute approximate surface area is 102 Å². The number of aliphatic hydroxyl groups excluding tert-OH is 1. The van der Waals surface area contributed by atoms with Gasteiger partial charge in [0.2, 0.25) is 0 Å². The molecule has 0 unspecified atom stereocenters. The second-order valence-corrected chi connectivity index (χ2v) is 4.27. The van der Waals surface area contributed by atoms with E-state index in [-0.39, 0.29) is 6.61 Å². The molecule has 0 aliphatic carbocycles. The van der Waals surface area contributed by atoms with Crippen LogP contribution in [0.15, 0.2) is 12.3 Å². The molecule has 0 fully saturated rings. The molecular weight excluding hydrogens is 336 g/mol. The third kappa shape index (κ3) is 1.88. The van der Waals surface area contributed by atoms with Crippen molar-refractivity contribution >= 4 is 33.6 Å². The number of aliphatic hydroxyl groups is 1. The SMILES string of the molecule is OCc1[nH]c2ncc(C(F)(F)F)cc2c1I. The van der Waals surface area contributed by atoms with E-state index in [9.17, 15) is 13.2 Å². The number of halogens is 4. The largest absolute Gasteiger partial charge is 0.417 e. The van der Waals surface area contributed by atoms with E-state index in [2.05, 4.69) is 9.97 Å². The Kier molecular flexibility index (Phi) is 2.82. The first-order valence-corrected chi connectivity index (χ1v) is 5.35. The standard InChI is InChI=1S/C9H6F3IN2O/c10-9(11,12)4-1-5-7(13)6(3-16)15-8(5)14-2-4/h1-2,16H,3H2,(H,14,15). The Hall–Kier alpha value is -0.830. The van der Waals surface area contributed by atoms with Crippen LogP contribution in [0.3, 0.4) is 0 Å². The van der Waals surface area contributed by atoms with Crippen LogP contribution in [0.5, 0.6) is 0 Å². The minimum Gasteiger partial charge on any atom is -0.390 e. The summed E-state index contributed by atoms with van der Waals surface area (Å²) in [6.45, 7) is -0.254. The molecule has 2 aromatic heterocycles. The average Bonchev–Trinajstić information content (AvgIpc) is 2.54. The van der Waals surface area contributed by atoms with Crippen molar-refractivity contribution in [1.29, 1.82) is 0 Å². The van der Waals surface area contributed by atoms with E-state index in [0.717, 1.165) is 12.3 Å². The molecular formula is C9H6F3IN2O. The van der Waals surface area contributed by atoms with Gasteiger partial charge in [-0.15, -0.1) is 0 Å². The maximum absolute atomic E-state index is 12.4. The molecule has 0 bridgehead atoms. The number of nitrogens with zero attached hydrogens (tertiary/aromatic N) is 1. The fourth-order valence-corrected chi connectivity index (χ4v) is 2.07. The summed E-state index contributed by atoms with van der Waals surface area (Å²) in [6, 6.07) is 1.03. The van der Waals surface area contributed by atoms with Gasteiger partial charge in [-0.25, -0.2) is 4.98 Å². The number of hydrogen-bond donors (Lipinski definition) is 2. The summed E-state index contributed by atoms with van der Waals surface area (Å²) in [7, 11) is 0. The number of alkyl halides is 3. The molecule has 2 aromatic rings.